The molecule has 1 aliphatic rings. The number of halogens is 3. The molecule has 1 heterocycles. The molecule has 4 nitrogen and oxygen atoms in total. The number of aromatic nitrogens is 2. The lowest BCUT2D eigenvalue weighted by molar-refractivity contribution is -0.141. The Morgan fingerprint density at radius 2 is 2.00 bits per heavy atom. The highest BCUT2D eigenvalue weighted by molar-refractivity contribution is 5.25. The van der Waals surface area contributed by atoms with E-state index in [0.29, 0.717) is 13.2 Å². The molecule has 2 rings (SSSR count). The second-order valence-corrected chi connectivity index (χ2v) is 4.82. The van der Waals surface area contributed by atoms with Gasteiger partial charge in [-0.3, -0.25) is 0 Å². The van der Waals surface area contributed by atoms with Gasteiger partial charge in [0.05, 0.1) is 12.7 Å². The summed E-state index contributed by atoms with van der Waals surface area (Å²) in [6.07, 6.45) is 2.71. The molecule has 0 saturated heterocycles. The maximum Gasteiger partial charge on any atom is 0.433 e. The van der Waals surface area contributed by atoms with E-state index < -0.39 is 11.9 Å². The predicted octanol–water partition coefficient (Wildman–Crippen LogP) is 3.26. The molecule has 0 unspecified atom stereocenters. The van der Waals surface area contributed by atoms with Crippen LogP contribution < -0.4 is 5.32 Å². The van der Waals surface area contributed by atoms with Crippen LogP contribution in [0.2, 0.25) is 0 Å². The molecule has 1 N–H and O–H groups in total. The van der Waals surface area contributed by atoms with Crippen LogP contribution in [-0.4, -0.2) is 29.2 Å². The Morgan fingerprint density at radius 1 is 1.25 bits per heavy atom. The molecular weight excluding hydrogens is 271 g/mol. The number of nitrogens with zero attached hydrogens (tertiary/aromatic N) is 2. The summed E-state index contributed by atoms with van der Waals surface area (Å²) in [6, 6.07) is 0.851. The van der Waals surface area contributed by atoms with E-state index in [1.807, 2.05) is 0 Å². The van der Waals surface area contributed by atoms with Crippen molar-refractivity contribution >= 4 is 5.95 Å². The van der Waals surface area contributed by atoms with E-state index in [-0.39, 0.29) is 12.1 Å². The molecule has 0 aromatic carbocycles. The van der Waals surface area contributed by atoms with E-state index >= 15 is 0 Å². The average molecular weight is 289 g/mol. The molecule has 7 heteroatoms. The Bertz CT molecular complexity index is 420. The Kier molecular flexibility index (Phi) is 5.17. The minimum absolute atomic E-state index is 0.0212. The van der Waals surface area contributed by atoms with Crippen LogP contribution in [0.25, 0.3) is 0 Å². The Hall–Kier alpha value is -1.37. The Balaban J connectivity index is 1.73. The van der Waals surface area contributed by atoms with Crippen molar-refractivity contribution in [3.8, 4) is 0 Å². The van der Waals surface area contributed by atoms with Crippen LogP contribution in [0.3, 0.4) is 0 Å². The molecule has 1 aliphatic carbocycles. The first-order valence-electron chi connectivity index (χ1n) is 6.81. The van der Waals surface area contributed by atoms with Gasteiger partial charge in [-0.05, 0) is 18.9 Å². The fourth-order valence-electron chi connectivity index (χ4n) is 2.22. The van der Waals surface area contributed by atoms with Gasteiger partial charge in [0, 0.05) is 12.7 Å². The first-order chi connectivity index (χ1) is 9.55. The SMILES string of the molecule is FC(F)(F)c1ccnc(NCCOC2CCCCC2)n1. The number of alkyl halides is 3. The summed E-state index contributed by atoms with van der Waals surface area (Å²) in [5, 5.41) is 2.75. The highest BCUT2D eigenvalue weighted by Gasteiger charge is 2.32. The molecule has 0 aliphatic heterocycles. The lowest BCUT2D eigenvalue weighted by Crippen LogP contribution is -2.21. The molecule has 1 aromatic heterocycles. The van der Waals surface area contributed by atoms with Crippen LogP contribution in [0.4, 0.5) is 19.1 Å². The zero-order valence-electron chi connectivity index (χ0n) is 11.1. The maximum absolute atomic E-state index is 12.5. The predicted molar refractivity (Wildman–Crippen MR) is 68.3 cm³/mol. The first kappa shape index (κ1) is 15.0. The Morgan fingerprint density at radius 3 is 2.70 bits per heavy atom. The number of nitrogens with one attached hydrogen (secondary N) is 1. The summed E-state index contributed by atoms with van der Waals surface area (Å²) in [7, 11) is 0. The van der Waals surface area contributed by atoms with Gasteiger partial charge in [-0.1, -0.05) is 19.3 Å². The van der Waals surface area contributed by atoms with Gasteiger partial charge in [0.1, 0.15) is 5.69 Å². The summed E-state index contributed by atoms with van der Waals surface area (Å²) >= 11 is 0. The second-order valence-electron chi connectivity index (χ2n) is 4.82. The van der Waals surface area contributed by atoms with Crippen LogP contribution in [0.1, 0.15) is 37.8 Å². The van der Waals surface area contributed by atoms with Crippen molar-refractivity contribution in [2.45, 2.75) is 44.4 Å². The van der Waals surface area contributed by atoms with E-state index in [0.717, 1.165) is 25.1 Å². The van der Waals surface area contributed by atoms with Crippen molar-refractivity contribution in [2.75, 3.05) is 18.5 Å². The number of ether oxygens (including phenoxy) is 1. The Labute approximate surface area is 115 Å². The molecule has 0 amide bonds. The summed E-state index contributed by atoms with van der Waals surface area (Å²) < 4.78 is 43.0. The van der Waals surface area contributed by atoms with Gasteiger partial charge >= 0.3 is 6.18 Å². The standard InChI is InChI=1S/C13H18F3N3O/c14-13(15,16)11-6-7-17-12(19-11)18-8-9-20-10-4-2-1-3-5-10/h6-7,10H,1-5,8-9H2,(H,17,18,19). The third-order valence-corrected chi connectivity index (χ3v) is 3.24. The molecule has 0 radical (unpaired) electrons. The molecule has 0 spiro atoms. The molecule has 1 saturated carbocycles. The van der Waals surface area contributed by atoms with Gasteiger partial charge in [-0.15, -0.1) is 0 Å². The maximum atomic E-state index is 12.5. The van der Waals surface area contributed by atoms with Gasteiger partial charge in [-0.2, -0.15) is 13.2 Å². The van der Waals surface area contributed by atoms with Crippen molar-refractivity contribution in [2.24, 2.45) is 0 Å². The summed E-state index contributed by atoms with van der Waals surface area (Å²) in [5.74, 6) is -0.0212. The lowest BCUT2D eigenvalue weighted by atomic mass is 9.98. The summed E-state index contributed by atoms with van der Waals surface area (Å²) in [4.78, 5) is 7.19. The van der Waals surface area contributed by atoms with Crippen LogP contribution >= 0.6 is 0 Å². The average Bonchev–Trinajstić information content (AvgIpc) is 2.44. The highest BCUT2D eigenvalue weighted by Crippen LogP contribution is 2.27. The monoisotopic (exact) mass is 289 g/mol. The number of hydrogen-bond donors (Lipinski definition) is 1. The number of anilines is 1. The van der Waals surface area contributed by atoms with Crippen molar-refractivity contribution in [3.05, 3.63) is 18.0 Å². The fourth-order valence-corrected chi connectivity index (χ4v) is 2.22. The number of hydrogen-bond acceptors (Lipinski definition) is 4. The molecule has 1 aromatic rings. The van der Waals surface area contributed by atoms with Crippen molar-refractivity contribution in [1.82, 2.24) is 9.97 Å². The molecule has 112 valence electrons. The van der Waals surface area contributed by atoms with Crippen molar-refractivity contribution in [1.29, 1.82) is 0 Å². The third kappa shape index (κ3) is 4.63. The van der Waals surface area contributed by atoms with E-state index in [2.05, 4.69) is 15.3 Å². The van der Waals surface area contributed by atoms with Crippen LogP contribution in [-0.2, 0) is 10.9 Å². The van der Waals surface area contributed by atoms with E-state index in [4.69, 9.17) is 4.74 Å². The third-order valence-electron chi connectivity index (χ3n) is 3.24. The van der Waals surface area contributed by atoms with Crippen molar-refractivity contribution in [3.63, 3.8) is 0 Å². The van der Waals surface area contributed by atoms with Gasteiger partial charge in [-0.25, -0.2) is 9.97 Å². The normalized spacial score (nSPS) is 17.1. The van der Waals surface area contributed by atoms with Crippen LogP contribution in [0.15, 0.2) is 12.3 Å². The summed E-state index contributed by atoms with van der Waals surface area (Å²) in [6.45, 7) is 0.849. The highest BCUT2D eigenvalue weighted by atomic mass is 19.4. The van der Waals surface area contributed by atoms with Gasteiger partial charge in [0.2, 0.25) is 5.95 Å². The molecular formula is C13H18F3N3O. The van der Waals surface area contributed by atoms with Crippen LogP contribution in [0.5, 0.6) is 0 Å². The topological polar surface area (TPSA) is 47.0 Å². The number of rotatable bonds is 5. The minimum atomic E-state index is -4.45. The molecule has 0 bridgehead atoms. The smallest absolute Gasteiger partial charge is 0.376 e. The van der Waals surface area contributed by atoms with Gasteiger partial charge in [0.25, 0.3) is 0 Å². The van der Waals surface area contributed by atoms with E-state index in [1.54, 1.807) is 0 Å². The van der Waals surface area contributed by atoms with Gasteiger partial charge < -0.3 is 10.1 Å². The first-order valence-corrected chi connectivity index (χ1v) is 6.81. The summed E-state index contributed by atoms with van der Waals surface area (Å²) in [5.41, 5.74) is -0.941. The van der Waals surface area contributed by atoms with Crippen LogP contribution in [0, 0.1) is 0 Å². The molecule has 1 fully saturated rings. The minimum Gasteiger partial charge on any atom is -0.376 e. The zero-order chi connectivity index (χ0) is 14.4. The molecule has 20 heavy (non-hydrogen) atoms. The van der Waals surface area contributed by atoms with Gasteiger partial charge in [0.15, 0.2) is 0 Å². The van der Waals surface area contributed by atoms with E-state index in [9.17, 15) is 13.2 Å². The largest absolute Gasteiger partial charge is 0.433 e. The second kappa shape index (κ2) is 6.88. The fraction of sp³-hybridized carbons (Fsp3) is 0.692. The molecule has 0 atom stereocenters. The van der Waals surface area contributed by atoms with Crippen molar-refractivity contribution < 1.29 is 17.9 Å². The van der Waals surface area contributed by atoms with E-state index in [1.165, 1.54) is 19.3 Å². The lowest BCUT2D eigenvalue weighted by Gasteiger charge is -2.22. The zero-order valence-corrected chi connectivity index (χ0v) is 11.1. The quantitative estimate of drug-likeness (QED) is 0.845.